The SMILES string of the molecule is C[n+]1cc(Br)cc(C(=O)O)c1C(N)=O.[I-]. The Hall–Kier alpha value is -0.700. The van der Waals surface area contributed by atoms with Crippen LogP contribution >= 0.6 is 15.9 Å². The Labute approximate surface area is 111 Å². The molecule has 0 aliphatic rings. The van der Waals surface area contributed by atoms with E-state index in [4.69, 9.17) is 10.8 Å². The molecule has 0 aromatic carbocycles. The molecule has 0 saturated heterocycles. The van der Waals surface area contributed by atoms with Gasteiger partial charge in [0.15, 0.2) is 6.20 Å². The summed E-state index contributed by atoms with van der Waals surface area (Å²) in [4.78, 5) is 21.8. The zero-order valence-corrected chi connectivity index (χ0v) is 11.4. The molecule has 0 unspecified atom stereocenters. The Morgan fingerprint density at radius 1 is 1.53 bits per heavy atom. The third-order valence-corrected chi connectivity index (χ3v) is 2.10. The van der Waals surface area contributed by atoms with E-state index in [1.54, 1.807) is 13.2 Å². The van der Waals surface area contributed by atoms with E-state index in [0.717, 1.165) is 0 Å². The highest BCUT2D eigenvalue weighted by Gasteiger charge is 2.24. The minimum atomic E-state index is -1.18. The van der Waals surface area contributed by atoms with Gasteiger partial charge in [-0.15, -0.1) is 0 Å². The molecule has 1 amide bonds. The van der Waals surface area contributed by atoms with Gasteiger partial charge >= 0.3 is 11.9 Å². The fraction of sp³-hybridized carbons (Fsp3) is 0.125. The van der Waals surface area contributed by atoms with Crippen LogP contribution in [0.15, 0.2) is 16.7 Å². The van der Waals surface area contributed by atoms with Crippen LogP contribution in [0.2, 0.25) is 0 Å². The van der Waals surface area contributed by atoms with Crippen LogP contribution < -0.4 is 34.3 Å². The van der Waals surface area contributed by atoms with E-state index in [2.05, 4.69) is 15.9 Å². The molecule has 0 saturated carbocycles. The number of halogens is 2. The first-order chi connectivity index (χ1) is 6.43. The second-order valence-electron chi connectivity index (χ2n) is 2.70. The number of carbonyl (C=O) groups excluding carboxylic acids is 1. The van der Waals surface area contributed by atoms with Crippen molar-refractivity contribution in [1.82, 2.24) is 0 Å². The lowest BCUT2D eigenvalue weighted by atomic mass is 10.2. The first kappa shape index (κ1) is 14.3. The predicted molar refractivity (Wildman–Crippen MR) is 50.8 cm³/mol. The van der Waals surface area contributed by atoms with Crippen molar-refractivity contribution in [3.05, 3.63) is 28.0 Å². The van der Waals surface area contributed by atoms with Crippen molar-refractivity contribution in [2.45, 2.75) is 0 Å². The lowest BCUT2D eigenvalue weighted by Crippen LogP contribution is -3.00. The van der Waals surface area contributed by atoms with E-state index >= 15 is 0 Å². The van der Waals surface area contributed by atoms with E-state index < -0.39 is 11.9 Å². The number of rotatable bonds is 2. The minimum Gasteiger partial charge on any atom is -1.00 e. The van der Waals surface area contributed by atoms with Crippen molar-refractivity contribution in [2.24, 2.45) is 12.8 Å². The summed E-state index contributed by atoms with van der Waals surface area (Å²) in [5.41, 5.74) is 4.92. The molecular weight excluding hydrogens is 379 g/mol. The topological polar surface area (TPSA) is 84.3 Å². The van der Waals surface area contributed by atoms with Crippen molar-refractivity contribution in [3.63, 3.8) is 0 Å². The van der Waals surface area contributed by atoms with Gasteiger partial charge in [-0.25, -0.2) is 4.79 Å². The monoisotopic (exact) mass is 386 g/mol. The maximum absolute atomic E-state index is 11.0. The molecule has 1 aromatic rings. The van der Waals surface area contributed by atoms with E-state index in [9.17, 15) is 9.59 Å². The molecule has 5 nitrogen and oxygen atoms in total. The zero-order valence-electron chi connectivity index (χ0n) is 7.70. The number of hydrogen-bond acceptors (Lipinski definition) is 2. The smallest absolute Gasteiger partial charge is 0.342 e. The van der Waals surface area contributed by atoms with Crippen molar-refractivity contribution in [1.29, 1.82) is 0 Å². The molecule has 0 aliphatic heterocycles. The molecule has 0 spiro atoms. The normalized spacial score (nSPS) is 9.20. The quantitative estimate of drug-likeness (QED) is 0.422. The number of nitrogens with zero attached hydrogens (tertiary/aromatic N) is 1. The number of carboxylic acids is 1. The fourth-order valence-corrected chi connectivity index (χ4v) is 1.69. The van der Waals surface area contributed by atoms with Crippen molar-refractivity contribution < 1.29 is 43.2 Å². The molecule has 0 aliphatic carbocycles. The van der Waals surface area contributed by atoms with Crippen LogP contribution in [0.25, 0.3) is 0 Å². The van der Waals surface area contributed by atoms with E-state index in [1.165, 1.54) is 10.6 Å². The number of carboxylic acid groups (broad SMARTS) is 1. The summed E-state index contributed by atoms with van der Waals surface area (Å²) in [6.45, 7) is 0. The molecule has 0 bridgehead atoms. The second-order valence-corrected chi connectivity index (χ2v) is 3.62. The van der Waals surface area contributed by atoms with Crippen LogP contribution in [-0.4, -0.2) is 17.0 Å². The van der Waals surface area contributed by atoms with Crippen LogP contribution in [0.5, 0.6) is 0 Å². The number of pyridine rings is 1. The number of carbonyl (C=O) groups is 2. The molecular formula is C8H8BrIN2O3. The molecule has 3 N–H and O–H groups in total. The summed E-state index contributed by atoms with van der Waals surface area (Å²) in [6, 6.07) is 1.34. The highest BCUT2D eigenvalue weighted by molar-refractivity contribution is 9.10. The van der Waals surface area contributed by atoms with E-state index in [1.807, 2.05) is 0 Å². The van der Waals surface area contributed by atoms with Gasteiger partial charge < -0.3 is 34.8 Å². The van der Waals surface area contributed by atoms with Gasteiger partial charge in [0.05, 0.1) is 4.47 Å². The van der Waals surface area contributed by atoms with Crippen LogP contribution in [0.3, 0.4) is 0 Å². The molecule has 1 aromatic heterocycles. The molecule has 0 atom stereocenters. The number of nitrogens with two attached hydrogens (primary N) is 1. The number of aromatic nitrogens is 1. The summed E-state index contributed by atoms with van der Waals surface area (Å²) >= 11 is 3.13. The Morgan fingerprint density at radius 2 is 2.07 bits per heavy atom. The Balaban J connectivity index is 0.00000196. The van der Waals surface area contributed by atoms with Gasteiger partial charge in [-0.2, -0.15) is 4.57 Å². The number of aromatic carboxylic acids is 1. The number of aryl methyl sites for hydroxylation is 1. The van der Waals surface area contributed by atoms with Crippen LogP contribution in [0.1, 0.15) is 20.8 Å². The lowest BCUT2D eigenvalue weighted by Gasteiger charge is -2.00. The molecule has 1 heterocycles. The summed E-state index contributed by atoms with van der Waals surface area (Å²) < 4.78 is 1.94. The first-order valence-corrected chi connectivity index (χ1v) is 4.45. The average molecular weight is 387 g/mol. The highest BCUT2D eigenvalue weighted by Crippen LogP contribution is 2.12. The Bertz CT molecular complexity index is 423. The summed E-state index contributed by atoms with van der Waals surface area (Å²) in [5, 5.41) is 8.82. The van der Waals surface area contributed by atoms with Crippen LogP contribution in [0.4, 0.5) is 0 Å². The van der Waals surface area contributed by atoms with E-state index in [0.29, 0.717) is 4.47 Å². The maximum atomic E-state index is 11.0. The largest absolute Gasteiger partial charge is 1.00 e. The van der Waals surface area contributed by atoms with Crippen molar-refractivity contribution in [3.8, 4) is 0 Å². The van der Waals surface area contributed by atoms with Gasteiger partial charge in [0, 0.05) is 0 Å². The highest BCUT2D eigenvalue weighted by atomic mass is 127. The lowest BCUT2D eigenvalue weighted by molar-refractivity contribution is -0.674. The molecule has 82 valence electrons. The molecule has 0 radical (unpaired) electrons. The molecule has 7 heteroatoms. The van der Waals surface area contributed by atoms with Crippen molar-refractivity contribution in [2.75, 3.05) is 0 Å². The summed E-state index contributed by atoms with van der Waals surface area (Å²) in [7, 11) is 1.55. The van der Waals surface area contributed by atoms with Crippen molar-refractivity contribution >= 4 is 27.8 Å². The molecule has 1 rings (SSSR count). The van der Waals surface area contributed by atoms with Gasteiger partial charge in [0.25, 0.3) is 5.69 Å². The van der Waals surface area contributed by atoms with E-state index in [-0.39, 0.29) is 35.2 Å². The zero-order chi connectivity index (χ0) is 10.9. The minimum absolute atomic E-state index is 0. The third kappa shape index (κ3) is 3.13. The Morgan fingerprint density at radius 3 is 2.47 bits per heavy atom. The van der Waals surface area contributed by atoms with Gasteiger partial charge in [-0.1, -0.05) is 0 Å². The summed E-state index contributed by atoms with van der Waals surface area (Å²) in [5.74, 6) is -1.95. The van der Waals surface area contributed by atoms with Crippen LogP contribution in [0, 0.1) is 0 Å². The molecule has 15 heavy (non-hydrogen) atoms. The fourth-order valence-electron chi connectivity index (χ4n) is 1.15. The molecule has 0 fully saturated rings. The number of primary amides is 1. The summed E-state index contributed by atoms with van der Waals surface area (Å²) in [6.07, 6.45) is 1.56. The van der Waals surface area contributed by atoms with Gasteiger partial charge in [0.1, 0.15) is 12.6 Å². The number of amides is 1. The average Bonchev–Trinajstić information content (AvgIpc) is 2.01. The first-order valence-electron chi connectivity index (χ1n) is 3.65. The third-order valence-electron chi connectivity index (χ3n) is 1.67. The second kappa shape index (κ2) is 5.40. The maximum Gasteiger partial charge on any atom is 0.342 e. The van der Waals surface area contributed by atoms with Gasteiger partial charge in [0.2, 0.25) is 0 Å². The van der Waals surface area contributed by atoms with Crippen LogP contribution in [-0.2, 0) is 7.05 Å². The van der Waals surface area contributed by atoms with Gasteiger partial charge in [-0.05, 0) is 22.0 Å². The van der Waals surface area contributed by atoms with Gasteiger partial charge in [-0.3, -0.25) is 4.79 Å². The number of hydrogen-bond donors (Lipinski definition) is 2. The predicted octanol–water partition coefficient (Wildman–Crippen LogP) is -2.93. The standard InChI is InChI=1S/C8H7BrN2O3.HI/c1-11-3-4(9)2-5(8(13)14)6(11)7(10)12;/h2-3H,1H3,(H2-,10,12,13,14);1H. The Kier molecular flexibility index (Phi) is 5.15.